The van der Waals surface area contributed by atoms with E-state index in [0.717, 1.165) is 24.0 Å². The van der Waals surface area contributed by atoms with E-state index in [2.05, 4.69) is 11.6 Å². The maximum Gasteiger partial charge on any atom is 0.257 e. The lowest BCUT2D eigenvalue weighted by molar-refractivity contribution is 0.0693. The average molecular weight is 527 g/mol. The fourth-order valence-electron chi connectivity index (χ4n) is 4.12. The van der Waals surface area contributed by atoms with Crippen LogP contribution in [0.4, 0.5) is 4.39 Å². The minimum Gasteiger partial charge on any atom is -0.496 e. The number of rotatable bonds is 9. The normalized spacial score (nSPS) is 14.4. The number of nitrogens with zero attached hydrogens (tertiary/aromatic N) is 1. The standard InChI is InChI=1S/C28H31FN2O5S/c1-20-13-15-31(16-14-20)28(32)26-17-25(11-12-27(26)35-2)37(33,34)30-18-21-5-9-24(10-6-21)36-19-22-3-7-23(29)8-4-22/h3-12,17,20,30H,13-16,18-19H2,1-2H3. The molecule has 0 bridgehead atoms. The van der Waals surface area contributed by atoms with Crippen molar-refractivity contribution in [3.63, 3.8) is 0 Å². The van der Waals surface area contributed by atoms with Crippen LogP contribution in [0.3, 0.4) is 0 Å². The van der Waals surface area contributed by atoms with E-state index in [9.17, 15) is 17.6 Å². The summed E-state index contributed by atoms with van der Waals surface area (Å²) in [5.74, 6) is 0.999. The van der Waals surface area contributed by atoms with Crippen LogP contribution in [-0.2, 0) is 23.2 Å². The van der Waals surface area contributed by atoms with Crippen molar-refractivity contribution in [1.29, 1.82) is 0 Å². The van der Waals surface area contributed by atoms with Gasteiger partial charge in [-0.05, 0) is 72.4 Å². The third kappa shape index (κ3) is 6.87. The maximum atomic E-state index is 13.1. The first-order valence-electron chi connectivity index (χ1n) is 12.2. The van der Waals surface area contributed by atoms with Gasteiger partial charge in [-0.25, -0.2) is 17.5 Å². The fourth-order valence-corrected chi connectivity index (χ4v) is 5.16. The minimum absolute atomic E-state index is 0.00118. The van der Waals surface area contributed by atoms with Crippen LogP contribution in [0.5, 0.6) is 11.5 Å². The Kier molecular flexibility index (Phi) is 8.45. The SMILES string of the molecule is COc1ccc(S(=O)(=O)NCc2ccc(OCc3ccc(F)cc3)cc2)cc1C(=O)N1CCC(C)CC1. The lowest BCUT2D eigenvalue weighted by Gasteiger charge is -2.30. The summed E-state index contributed by atoms with van der Waals surface area (Å²) in [5, 5.41) is 0. The second-order valence-electron chi connectivity index (χ2n) is 9.22. The second kappa shape index (κ2) is 11.7. The number of halogens is 1. The van der Waals surface area contributed by atoms with Crippen LogP contribution in [0.25, 0.3) is 0 Å². The van der Waals surface area contributed by atoms with Crippen molar-refractivity contribution in [1.82, 2.24) is 9.62 Å². The van der Waals surface area contributed by atoms with Crippen molar-refractivity contribution in [2.24, 2.45) is 5.92 Å². The number of amides is 1. The van der Waals surface area contributed by atoms with Gasteiger partial charge in [0.05, 0.1) is 17.6 Å². The second-order valence-corrected chi connectivity index (χ2v) is 11.0. The number of carbonyl (C=O) groups is 1. The Hall–Kier alpha value is -3.43. The number of nitrogens with one attached hydrogen (secondary N) is 1. The van der Waals surface area contributed by atoms with Crippen molar-refractivity contribution in [3.05, 3.63) is 89.2 Å². The molecule has 1 amide bonds. The molecule has 3 aromatic carbocycles. The third-order valence-corrected chi connectivity index (χ3v) is 7.89. The van der Waals surface area contributed by atoms with E-state index < -0.39 is 10.0 Å². The van der Waals surface area contributed by atoms with Gasteiger partial charge in [-0.1, -0.05) is 31.2 Å². The predicted octanol–water partition coefficient (Wildman–Crippen LogP) is 4.76. The number of sulfonamides is 1. The fraction of sp³-hybridized carbons (Fsp3) is 0.321. The molecule has 9 heteroatoms. The molecule has 0 radical (unpaired) electrons. The Balaban J connectivity index is 1.39. The molecule has 1 aliphatic rings. The molecule has 4 rings (SSSR count). The third-order valence-electron chi connectivity index (χ3n) is 6.49. The van der Waals surface area contributed by atoms with Crippen molar-refractivity contribution < 1.29 is 27.1 Å². The number of carbonyl (C=O) groups excluding carboxylic acids is 1. The van der Waals surface area contributed by atoms with Crippen LogP contribution in [-0.4, -0.2) is 39.4 Å². The first-order valence-corrected chi connectivity index (χ1v) is 13.7. The van der Waals surface area contributed by atoms with Gasteiger partial charge in [0.15, 0.2) is 0 Å². The van der Waals surface area contributed by atoms with Crippen molar-refractivity contribution in [2.45, 2.75) is 37.8 Å². The van der Waals surface area contributed by atoms with Gasteiger partial charge in [-0.2, -0.15) is 0 Å². The Morgan fingerprint density at radius 3 is 2.30 bits per heavy atom. The molecule has 0 unspecified atom stereocenters. The Bertz CT molecular complexity index is 1320. The largest absolute Gasteiger partial charge is 0.496 e. The highest BCUT2D eigenvalue weighted by Crippen LogP contribution is 2.26. The molecule has 0 aliphatic carbocycles. The highest BCUT2D eigenvalue weighted by Gasteiger charge is 2.26. The maximum absolute atomic E-state index is 13.1. The highest BCUT2D eigenvalue weighted by atomic mass is 32.2. The van der Waals surface area contributed by atoms with E-state index in [1.165, 1.54) is 37.4 Å². The summed E-state index contributed by atoms with van der Waals surface area (Å²) in [7, 11) is -2.41. The molecule has 0 spiro atoms. The van der Waals surface area contributed by atoms with E-state index in [1.54, 1.807) is 41.3 Å². The van der Waals surface area contributed by atoms with Gasteiger partial charge in [0.2, 0.25) is 10.0 Å². The lowest BCUT2D eigenvalue weighted by Crippen LogP contribution is -2.38. The van der Waals surface area contributed by atoms with Crippen molar-refractivity contribution in [2.75, 3.05) is 20.2 Å². The van der Waals surface area contributed by atoms with Gasteiger partial charge in [0.25, 0.3) is 5.91 Å². The van der Waals surface area contributed by atoms with E-state index in [-0.39, 0.29) is 28.7 Å². The monoisotopic (exact) mass is 526 g/mol. The van der Waals surface area contributed by atoms with Gasteiger partial charge in [0, 0.05) is 19.6 Å². The topological polar surface area (TPSA) is 84.9 Å². The molecule has 196 valence electrons. The zero-order valence-corrected chi connectivity index (χ0v) is 21.8. The predicted molar refractivity (Wildman–Crippen MR) is 138 cm³/mol. The highest BCUT2D eigenvalue weighted by molar-refractivity contribution is 7.89. The molecule has 3 aromatic rings. The molecular formula is C28H31FN2O5S. The van der Waals surface area contributed by atoms with E-state index in [0.29, 0.717) is 37.1 Å². The molecule has 1 saturated heterocycles. The summed E-state index contributed by atoms with van der Waals surface area (Å²) < 4.78 is 52.7. The van der Waals surface area contributed by atoms with Crippen LogP contribution < -0.4 is 14.2 Å². The zero-order chi connectivity index (χ0) is 26.4. The van der Waals surface area contributed by atoms with Gasteiger partial charge in [-0.15, -0.1) is 0 Å². The summed E-state index contributed by atoms with van der Waals surface area (Å²) in [5.41, 5.74) is 1.82. The number of ether oxygens (including phenoxy) is 2. The zero-order valence-electron chi connectivity index (χ0n) is 20.9. The smallest absolute Gasteiger partial charge is 0.257 e. The number of hydrogen-bond acceptors (Lipinski definition) is 5. The van der Waals surface area contributed by atoms with E-state index >= 15 is 0 Å². The molecule has 0 saturated carbocycles. The molecule has 1 N–H and O–H groups in total. The number of methoxy groups -OCH3 is 1. The molecule has 37 heavy (non-hydrogen) atoms. The van der Waals surface area contributed by atoms with Gasteiger partial charge < -0.3 is 14.4 Å². The van der Waals surface area contributed by atoms with Gasteiger partial charge >= 0.3 is 0 Å². The molecule has 1 heterocycles. The summed E-state index contributed by atoms with van der Waals surface area (Å²) in [6.07, 6.45) is 1.84. The molecule has 0 atom stereocenters. The number of benzene rings is 3. The average Bonchev–Trinajstić information content (AvgIpc) is 2.92. The molecule has 1 fully saturated rings. The van der Waals surface area contributed by atoms with Crippen molar-refractivity contribution >= 4 is 15.9 Å². The number of hydrogen-bond donors (Lipinski definition) is 1. The van der Waals surface area contributed by atoms with E-state index in [1.807, 2.05) is 0 Å². The van der Waals surface area contributed by atoms with Crippen LogP contribution in [0, 0.1) is 11.7 Å². The Morgan fingerprint density at radius 2 is 1.65 bits per heavy atom. The molecular weight excluding hydrogens is 495 g/mol. The number of likely N-dealkylation sites (tertiary alicyclic amines) is 1. The van der Waals surface area contributed by atoms with Crippen LogP contribution in [0.2, 0.25) is 0 Å². The Labute approximate surface area is 217 Å². The summed E-state index contributed by atoms with van der Waals surface area (Å²) in [6, 6.07) is 17.4. The van der Waals surface area contributed by atoms with Crippen LogP contribution >= 0.6 is 0 Å². The molecule has 1 aliphatic heterocycles. The minimum atomic E-state index is -3.88. The first kappa shape index (κ1) is 26.6. The lowest BCUT2D eigenvalue weighted by atomic mass is 9.98. The van der Waals surface area contributed by atoms with Crippen LogP contribution in [0.1, 0.15) is 41.3 Å². The first-order chi connectivity index (χ1) is 17.7. The van der Waals surface area contributed by atoms with Gasteiger partial charge in [-0.3, -0.25) is 4.79 Å². The van der Waals surface area contributed by atoms with E-state index in [4.69, 9.17) is 9.47 Å². The molecule has 7 nitrogen and oxygen atoms in total. The van der Waals surface area contributed by atoms with Crippen LogP contribution in [0.15, 0.2) is 71.6 Å². The summed E-state index contributed by atoms with van der Waals surface area (Å²) >= 11 is 0. The quantitative estimate of drug-likeness (QED) is 0.435. The summed E-state index contributed by atoms with van der Waals surface area (Å²) in [4.78, 5) is 14.9. The number of piperidine rings is 1. The summed E-state index contributed by atoms with van der Waals surface area (Å²) in [6.45, 7) is 3.81. The molecule has 0 aromatic heterocycles. The van der Waals surface area contributed by atoms with Crippen molar-refractivity contribution in [3.8, 4) is 11.5 Å². The Morgan fingerprint density at radius 1 is 1.00 bits per heavy atom. The van der Waals surface area contributed by atoms with Gasteiger partial charge in [0.1, 0.15) is 23.9 Å².